The van der Waals surface area contributed by atoms with E-state index in [2.05, 4.69) is 8.37 Å². The number of carbonyl (C=O) groups excluding carboxylic acids is 1. The van der Waals surface area contributed by atoms with Crippen LogP contribution in [0.15, 0.2) is 0 Å². The number of carboxylic acids is 1. The van der Waals surface area contributed by atoms with E-state index in [9.17, 15) is 52.0 Å². The molecule has 43 heavy (non-hydrogen) atoms. The molecule has 21 nitrogen and oxygen atoms in total. The molecule has 7 N–H and O–H groups in total. The summed E-state index contributed by atoms with van der Waals surface area (Å²) in [5.74, 6) is -2.80. The molecule has 23 heteroatoms. The number of aliphatic hydroxyl groups is 4. The van der Waals surface area contributed by atoms with Crippen LogP contribution in [0.3, 0.4) is 0 Å². The van der Waals surface area contributed by atoms with Gasteiger partial charge in [0.1, 0.15) is 54.9 Å². The maximum atomic E-state index is 12.1. The van der Waals surface area contributed by atoms with Crippen molar-refractivity contribution in [2.24, 2.45) is 5.92 Å². The third-order valence-electron chi connectivity index (χ3n) is 6.89. The molecule has 0 aromatic rings. The van der Waals surface area contributed by atoms with Gasteiger partial charge in [-0.25, -0.2) is 13.2 Å². The van der Waals surface area contributed by atoms with E-state index in [0.29, 0.717) is 0 Å². The molecule has 3 rings (SSSR count). The summed E-state index contributed by atoms with van der Waals surface area (Å²) in [7, 11) is -8.80. The normalized spacial score (nSPS) is 42.5. The molecular weight excluding hydrogens is 640 g/mol. The topological polar surface area (TPSA) is 318 Å². The fourth-order valence-corrected chi connectivity index (χ4v) is 5.34. The van der Waals surface area contributed by atoms with Gasteiger partial charge in [-0.3, -0.25) is 9.11 Å². The summed E-state index contributed by atoms with van der Waals surface area (Å²) in [6.45, 7) is -0.495. The number of hydrogen-bond acceptors (Lipinski definition) is 18. The van der Waals surface area contributed by atoms with Gasteiger partial charge in [-0.15, -0.1) is 0 Å². The molecule has 0 aromatic heterocycles. The minimum absolute atomic E-state index is 0.133. The van der Waals surface area contributed by atoms with Crippen LogP contribution in [0.1, 0.15) is 6.92 Å². The van der Waals surface area contributed by atoms with E-state index < -0.39 is 126 Å². The molecule has 14 atom stereocenters. The van der Waals surface area contributed by atoms with Crippen molar-refractivity contribution in [3.8, 4) is 0 Å². The minimum Gasteiger partial charge on any atom is -0.479 e. The first-order valence-corrected chi connectivity index (χ1v) is 15.1. The molecule has 0 saturated carbocycles. The number of aliphatic hydroxyl groups excluding tert-OH is 4. The highest BCUT2D eigenvalue weighted by molar-refractivity contribution is 7.81. The average molecular weight is 673 g/mol. The van der Waals surface area contributed by atoms with Crippen molar-refractivity contribution in [1.82, 2.24) is 0 Å². The van der Waals surface area contributed by atoms with E-state index in [1.165, 1.54) is 6.92 Å². The van der Waals surface area contributed by atoms with Crippen LogP contribution in [-0.2, 0) is 67.2 Å². The van der Waals surface area contributed by atoms with Gasteiger partial charge >= 0.3 is 26.8 Å². The van der Waals surface area contributed by atoms with Gasteiger partial charge in [-0.05, 0) is 0 Å². The molecule has 0 aromatic carbocycles. The maximum Gasteiger partial charge on any atom is 0.397 e. The van der Waals surface area contributed by atoms with Gasteiger partial charge in [0.2, 0.25) is 0 Å². The molecule has 3 aliphatic heterocycles. The van der Waals surface area contributed by atoms with E-state index in [4.69, 9.17) is 37.5 Å². The van der Waals surface area contributed by atoms with Crippen LogP contribution in [0.2, 0.25) is 0 Å². The number of hydrogen-bond donors (Lipinski definition) is 7. The van der Waals surface area contributed by atoms with Crippen LogP contribution in [0, 0.1) is 5.92 Å². The second-order valence-corrected chi connectivity index (χ2v) is 11.9. The first kappa shape index (κ1) is 36.0. The van der Waals surface area contributed by atoms with Crippen LogP contribution in [-0.4, -0.2) is 164 Å². The Bertz CT molecular complexity index is 1180. The van der Waals surface area contributed by atoms with Gasteiger partial charge in [-0.1, -0.05) is 6.92 Å². The highest BCUT2D eigenvalue weighted by Gasteiger charge is 2.55. The summed E-state index contributed by atoms with van der Waals surface area (Å²) in [5.41, 5.74) is 0. The highest BCUT2D eigenvalue weighted by atomic mass is 32.3. The summed E-state index contributed by atoms with van der Waals surface area (Å²) in [6, 6.07) is 0. The van der Waals surface area contributed by atoms with Crippen molar-refractivity contribution < 1.29 is 97.9 Å². The summed E-state index contributed by atoms with van der Waals surface area (Å²) >= 11 is 0. The lowest BCUT2D eigenvalue weighted by molar-refractivity contribution is -0.353. The maximum absolute atomic E-state index is 12.1. The summed E-state index contributed by atoms with van der Waals surface area (Å²) < 4.78 is 102. The zero-order chi connectivity index (χ0) is 32.4. The van der Waals surface area contributed by atoms with Gasteiger partial charge in [0.15, 0.2) is 25.0 Å². The van der Waals surface area contributed by atoms with E-state index in [1.54, 1.807) is 0 Å². The number of aliphatic carboxylic acids is 1. The first-order valence-electron chi connectivity index (χ1n) is 12.3. The van der Waals surface area contributed by atoms with Crippen LogP contribution >= 0.6 is 0 Å². The van der Waals surface area contributed by atoms with Crippen LogP contribution in [0.25, 0.3) is 0 Å². The fraction of sp³-hybridized carbons (Fsp3) is 0.900. The Morgan fingerprint density at radius 3 is 1.79 bits per heavy atom. The highest BCUT2D eigenvalue weighted by Crippen LogP contribution is 2.35. The summed E-state index contributed by atoms with van der Waals surface area (Å²) in [5, 5.41) is 52.4. The molecular formula is C20H32O21S2. The van der Waals surface area contributed by atoms with E-state index in [-0.39, 0.29) is 6.29 Å². The molecule has 250 valence electrons. The molecule has 5 unspecified atom stereocenters. The number of carboxylic acid groups (broad SMARTS) is 1. The zero-order valence-electron chi connectivity index (χ0n) is 22.2. The van der Waals surface area contributed by atoms with Crippen LogP contribution in [0.4, 0.5) is 0 Å². The number of aldehydes is 1. The van der Waals surface area contributed by atoms with Crippen molar-refractivity contribution in [3.63, 3.8) is 0 Å². The molecule has 3 aliphatic rings. The van der Waals surface area contributed by atoms with E-state index in [0.717, 1.165) is 7.11 Å². The first-order chi connectivity index (χ1) is 19.9. The van der Waals surface area contributed by atoms with Crippen molar-refractivity contribution in [1.29, 1.82) is 0 Å². The minimum atomic E-state index is -5.01. The number of rotatable bonds is 13. The van der Waals surface area contributed by atoms with Crippen molar-refractivity contribution in [2.45, 2.75) is 86.6 Å². The third kappa shape index (κ3) is 8.81. The van der Waals surface area contributed by atoms with Crippen molar-refractivity contribution in [2.75, 3.05) is 20.3 Å². The number of methoxy groups -OCH3 is 1. The Labute approximate surface area is 244 Å². The lowest BCUT2D eigenvalue weighted by Crippen LogP contribution is -2.65. The second-order valence-electron chi connectivity index (χ2n) is 9.73. The Hall–Kier alpha value is -1.52. The largest absolute Gasteiger partial charge is 0.479 e. The van der Waals surface area contributed by atoms with Crippen LogP contribution < -0.4 is 0 Å². The quantitative estimate of drug-likeness (QED) is 0.0711. The Morgan fingerprint density at radius 2 is 1.30 bits per heavy atom. The van der Waals surface area contributed by atoms with Gasteiger partial charge < -0.3 is 58.7 Å². The SMILES string of the molecule is CO[C@@H]1C(COS(=O)(=O)O)O[C@H](O[C@@H]2C(C(=O)O)O[C@@H](OC3[C@@H](COS(=O)(=O)O)O[C@@H](C=O)[C@H]3O)C(O)[C@H]2O)C(C)[C@H]1O. The van der Waals surface area contributed by atoms with E-state index >= 15 is 0 Å². The molecule has 3 heterocycles. The van der Waals surface area contributed by atoms with Gasteiger partial charge in [0, 0.05) is 13.0 Å². The Morgan fingerprint density at radius 1 is 0.767 bits per heavy atom. The van der Waals surface area contributed by atoms with Gasteiger partial charge in [0.25, 0.3) is 0 Å². The predicted molar refractivity (Wildman–Crippen MR) is 128 cm³/mol. The smallest absolute Gasteiger partial charge is 0.397 e. The zero-order valence-corrected chi connectivity index (χ0v) is 23.9. The monoisotopic (exact) mass is 672 g/mol. The number of carbonyl (C=O) groups is 2. The van der Waals surface area contributed by atoms with Gasteiger partial charge in [-0.2, -0.15) is 16.8 Å². The number of ether oxygens (including phenoxy) is 6. The summed E-state index contributed by atoms with van der Waals surface area (Å²) in [6.07, 6.45) is -22.7. The molecule has 0 bridgehead atoms. The van der Waals surface area contributed by atoms with Crippen molar-refractivity contribution >= 4 is 33.1 Å². The summed E-state index contributed by atoms with van der Waals surface area (Å²) in [4.78, 5) is 23.3. The molecule has 0 radical (unpaired) electrons. The molecule has 0 aliphatic carbocycles. The van der Waals surface area contributed by atoms with Crippen LogP contribution in [0.5, 0.6) is 0 Å². The van der Waals surface area contributed by atoms with Gasteiger partial charge in [0.05, 0.1) is 19.3 Å². The molecule has 0 spiro atoms. The second kappa shape index (κ2) is 14.3. The van der Waals surface area contributed by atoms with E-state index in [1.807, 2.05) is 0 Å². The average Bonchev–Trinajstić information content (AvgIpc) is 3.21. The molecule has 3 fully saturated rings. The van der Waals surface area contributed by atoms with Crippen molar-refractivity contribution in [3.05, 3.63) is 0 Å². The predicted octanol–water partition coefficient (Wildman–Crippen LogP) is -5.01. The third-order valence-corrected chi connectivity index (χ3v) is 7.76. The molecule has 3 saturated heterocycles. The Balaban J connectivity index is 1.79. The fourth-order valence-electron chi connectivity index (χ4n) is 4.73. The lowest BCUT2D eigenvalue weighted by atomic mass is 9.91. The Kier molecular flexibility index (Phi) is 11.9. The lowest BCUT2D eigenvalue weighted by Gasteiger charge is -2.46. The molecule has 0 amide bonds. The standard InChI is InChI=1S/C20H32O21S2/c1-6-10(22)14(34-2)8(4-35-42(28,29)30)38-19(6)40-16-12(24)13(25)20(41-17(16)18(26)27)39-15-9(5-36-43(31,32)33)37-7(3-21)11(15)23/h3,6-17,19-20,22-25H,4-5H2,1-2H3,(H,26,27)(H,28,29,30)(H,31,32,33)/t6?,7-,8?,9+,10+,11+,12+,13?,14+,15?,16-,17?,19+,20+/m0/s1.